The number of Topliss-reactive ketones (excluding diaryl/α,β-unsaturated/α-hetero) is 2. The second-order valence-corrected chi connectivity index (χ2v) is 6.51. The summed E-state index contributed by atoms with van der Waals surface area (Å²) in [5, 5.41) is 0. The van der Waals surface area contributed by atoms with Crippen LogP contribution in [0.4, 0.5) is 0 Å². The minimum Gasteiger partial charge on any atom is -0.496 e. The van der Waals surface area contributed by atoms with Crippen molar-refractivity contribution in [1.29, 1.82) is 0 Å². The first-order chi connectivity index (χ1) is 10.4. The van der Waals surface area contributed by atoms with E-state index in [0.717, 1.165) is 48.1 Å². The smallest absolute Gasteiger partial charge is 0.169 e. The molecule has 0 aromatic heterocycles. The number of methoxy groups -OCH3 is 1. The van der Waals surface area contributed by atoms with Gasteiger partial charge >= 0.3 is 0 Å². The lowest BCUT2D eigenvalue weighted by atomic mass is 9.75. The fourth-order valence-corrected chi connectivity index (χ4v) is 3.56. The molecular weight excluding hydrogens is 276 g/mol. The molecule has 1 unspecified atom stereocenters. The van der Waals surface area contributed by atoms with Gasteiger partial charge in [0.15, 0.2) is 5.78 Å². The Bertz CT molecular complexity index is 589. The Morgan fingerprint density at radius 3 is 2.64 bits per heavy atom. The molecule has 22 heavy (non-hydrogen) atoms. The predicted molar refractivity (Wildman–Crippen MR) is 87.6 cm³/mol. The number of fused-ring (bicyclic) bond motifs is 1. The number of unbranched alkanes of at least 4 members (excludes halogenated alkanes) is 1. The number of ether oxygens (including phenoxy) is 1. The van der Waals surface area contributed by atoms with Gasteiger partial charge in [-0.2, -0.15) is 0 Å². The molecule has 0 fully saturated rings. The zero-order chi connectivity index (χ0) is 16.3. The molecule has 1 aliphatic carbocycles. The van der Waals surface area contributed by atoms with Crippen molar-refractivity contribution in [3.05, 3.63) is 28.8 Å². The Hall–Kier alpha value is -1.64. The highest BCUT2D eigenvalue weighted by Crippen LogP contribution is 2.46. The first-order valence-corrected chi connectivity index (χ1v) is 8.16. The third-order valence-corrected chi connectivity index (χ3v) is 4.97. The van der Waals surface area contributed by atoms with Crippen LogP contribution >= 0.6 is 0 Å². The van der Waals surface area contributed by atoms with Crippen molar-refractivity contribution in [2.45, 2.75) is 59.3 Å². The highest BCUT2D eigenvalue weighted by molar-refractivity contribution is 6.05. The van der Waals surface area contributed by atoms with Gasteiger partial charge in [-0.25, -0.2) is 0 Å². The number of carbonyl (C=O) groups excluding carboxylic acids is 2. The van der Waals surface area contributed by atoms with Crippen molar-refractivity contribution in [1.82, 2.24) is 0 Å². The zero-order valence-electron chi connectivity index (χ0n) is 14.1. The van der Waals surface area contributed by atoms with Gasteiger partial charge in [0.05, 0.1) is 7.11 Å². The molecule has 0 N–H and O–H groups in total. The molecule has 3 nitrogen and oxygen atoms in total. The van der Waals surface area contributed by atoms with Gasteiger partial charge in [0.2, 0.25) is 0 Å². The number of rotatable bonds is 7. The summed E-state index contributed by atoms with van der Waals surface area (Å²) in [7, 11) is 1.66. The average molecular weight is 302 g/mol. The molecule has 120 valence electrons. The van der Waals surface area contributed by atoms with Gasteiger partial charge in [0, 0.05) is 17.4 Å². The van der Waals surface area contributed by atoms with Crippen molar-refractivity contribution in [2.75, 3.05) is 7.11 Å². The summed E-state index contributed by atoms with van der Waals surface area (Å²) in [6.45, 7) is 5.76. The highest BCUT2D eigenvalue weighted by Gasteiger charge is 2.45. The molecule has 0 amide bonds. The van der Waals surface area contributed by atoms with E-state index in [-0.39, 0.29) is 17.0 Å². The maximum absolute atomic E-state index is 13.0. The van der Waals surface area contributed by atoms with E-state index >= 15 is 0 Å². The van der Waals surface area contributed by atoms with Crippen LogP contribution in [0.25, 0.3) is 0 Å². The monoisotopic (exact) mass is 302 g/mol. The fourth-order valence-electron chi connectivity index (χ4n) is 3.56. The van der Waals surface area contributed by atoms with E-state index in [1.807, 2.05) is 19.1 Å². The van der Waals surface area contributed by atoms with Gasteiger partial charge in [-0.15, -0.1) is 0 Å². The van der Waals surface area contributed by atoms with E-state index in [2.05, 4.69) is 6.92 Å². The Balaban J connectivity index is 2.38. The molecule has 0 saturated heterocycles. The Morgan fingerprint density at radius 1 is 1.32 bits per heavy atom. The van der Waals surface area contributed by atoms with Crippen LogP contribution in [0.1, 0.15) is 67.4 Å². The standard InChI is InChI=1S/C19H26O3/c1-5-6-10-19(11-9-13(2)20)12-16-14(3)17(22-4)8-7-15(16)18(19)21/h7-8H,5-6,9-12H2,1-4H3. The Kier molecular flexibility index (Phi) is 5.05. The topological polar surface area (TPSA) is 43.4 Å². The van der Waals surface area contributed by atoms with E-state index in [1.54, 1.807) is 14.0 Å². The van der Waals surface area contributed by atoms with Crippen molar-refractivity contribution in [3.8, 4) is 5.75 Å². The summed E-state index contributed by atoms with van der Waals surface area (Å²) >= 11 is 0. The number of ketones is 2. The van der Waals surface area contributed by atoms with E-state index in [9.17, 15) is 9.59 Å². The van der Waals surface area contributed by atoms with Crippen LogP contribution in [0.2, 0.25) is 0 Å². The van der Waals surface area contributed by atoms with Crippen LogP contribution in [-0.2, 0) is 11.2 Å². The molecule has 1 aromatic carbocycles. The maximum atomic E-state index is 13.0. The largest absolute Gasteiger partial charge is 0.496 e. The molecule has 0 heterocycles. The summed E-state index contributed by atoms with van der Waals surface area (Å²) in [4.78, 5) is 24.5. The van der Waals surface area contributed by atoms with Gasteiger partial charge in [-0.05, 0) is 56.4 Å². The molecule has 0 bridgehead atoms. The lowest BCUT2D eigenvalue weighted by Crippen LogP contribution is -2.29. The van der Waals surface area contributed by atoms with Crippen molar-refractivity contribution in [3.63, 3.8) is 0 Å². The molecule has 0 aliphatic heterocycles. The van der Waals surface area contributed by atoms with Gasteiger partial charge in [0.25, 0.3) is 0 Å². The van der Waals surface area contributed by atoms with Crippen molar-refractivity contribution < 1.29 is 14.3 Å². The van der Waals surface area contributed by atoms with E-state index in [1.165, 1.54) is 0 Å². The molecule has 0 radical (unpaired) electrons. The summed E-state index contributed by atoms with van der Waals surface area (Å²) in [5.74, 6) is 1.22. The van der Waals surface area contributed by atoms with Crippen LogP contribution in [0, 0.1) is 12.3 Å². The second kappa shape index (κ2) is 6.64. The van der Waals surface area contributed by atoms with Gasteiger partial charge < -0.3 is 9.53 Å². The molecule has 1 aliphatic rings. The van der Waals surface area contributed by atoms with E-state index in [4.69, 9.17) is 4.74 Å². The van der Waals surface area contributed by atoms with Crippen LogP contribution in [0.15, 0.2) is 12.1 Å². The molecule has 3 heteroatoms. The van der Waals surface area contributed by atoms with Gasteiger partial charge in [-0.1, -0.05) is 19.8 Å². The average Bonchev–Trinajstić information content (AvgIpc) is 2.78. The van der Waals surface area contributed by atoms with Crippen LogP contribution in [0.5, 0.6) is 5.75 Å². The minimum atomic E-state index is -0.388. The Labute approximate surface area is 133 Å². The summed E-state index contributed by atoms with van der Waals surface area (Å²) in [5.41, 5.74) is 2.62. The van der Waals surface area contributed by atoms with Crippen LogP contribution in [-0.4, -0.2) is 18.7 Å². The number of hydrogen-bond acceptors (Lipinski definition) is 3. The van der Waals surface area contributed by atoms with Gasteiger partial charge in [0.1, 0.15) is 11.5 Å². The van der Waals surface area contributed by atoms with Crippen molar-refractivity contribution >= 4 is 11.6 Å². The molecule has 1 atom stereocenters. The lowest BCUT2D eigenvalue weighted by Gasteiger charge is -2.27. The van der Waals surface area contributed by atoms with Gasteiger partial charge in [-0.3, -0.25) is 4.79 Å². The normalized spacial score (nSPS) is 20.1. The molecule has 1 aromatic rings. The first kappa shape index (κ1) is 16.7. The molecular formula is C19H26O3. The number of carbonyl (C=O) groups is 2. The van der Waals surface area contributed by atoms with Crippen molar-refractivity contribution in [2.24, 2.45) is 5.41 Å². The second-order valence-electron chi connectivity index (χ2n) is 6.51. The minimum absolute atomic E-state index is 0.161. The summed E-state index contributed by atoms with van der Waals surface area (Å²) in [6, 6.07) is 3.78. The Morgan fingerprint density at radius 2 is 2.05 bits per heavy atom. The zero-order valence-corrected chi connectivity index (χ0v) is 14.1. The molecule has 0 spiro atoms. The third-order valence-electron chi connectivity index (χ3n) is 4.97. The number of benzene rings is 1. The molecule has 0 saturated carbocycles. The SMILES string of the molecule is CCCCC1(CCC(C)=O)Cc2c(ccc(OC)c2C)C1=O. The predicted octanol–water partition coefficient (Wildman–Crippen LogP) is 4.29. The lowest BCUT2D eigenvalue weighted by molar-refractivity contribution is -0.117. The number of hydrogen-bond donors (Lipinski definition) is 0. The quantitative estimate of drug-likeness (QED) is 0.754. The third kappa shape index (κ3) is 2.94. The first-order valence-electron chi connectivity index (χ1n) is 8.16. The molecule has 2 rings (SSSR count). The summed E-state index contributed by atoms with van der Waals surface area (Å²) < 4.78 is 5.39. The van der Waals surface area contributed by atoms with E-state index in [0.29, 0.717) is 12.8 Å². The summed E-state index contributed by atoms with van der Waals surface area (Å²) in [6.07, 6.45) is 4.85. The fraction of sp³-hybridized carbons (Fsp3) is 0.579. The maximum Gasteiger partial charge on any atom is 0.169 e. The highest BCUT2D eigenvalue weighted by atomic mass is 16.5. The van der Waals surface area contributed by atoms with Crippen LogP contribution in [0.3, 0.4) is 0 Å². The van der Waals surface area contributed by atoms with Crippen LogP contribution < -0.4 is 4.74 Å². The van der Waals surface area contributed by atoms with E-state index < -0.39 is 0 Å².